The lowest BCUT2D eigenvalue weighted by Gasteiger charge is -2.10. The quantitative estimate of drug-likeness (QED) is 0.597. The van der Waals surface area contributed by atoms with Gasteiger partial charge in [-0.05, 0) is 24.3 Å². The summed E-state index contributed by atoms with van der Waals surface area (Å²) in [6, 6.07) is 9.25. The van der Waals surface area contributed by atoms with Crippen molar-refractivity contribution in [3.05, 3.63) is 68.0 Å². The van der Waals surface area contributed by atoms with Crippen molar-refractivity contribution in [3.63, 3.8) is 0 Å². The number of aromatic nitrogens is 3. The average Bonchev–Trinajstić information content (AvgIpc) is 3.04. The number of nitrogens with zero attached hydrogens (tertiary/aromatic N) is 4. The smallest absolute Gasteiger partial charge is 0.274 e. The second-order valence-electron chi connectivity index (χ2n) is 4.95. The number of nitriles is 1. The summed E-state index contributed by atoms with van der Waals surface area (Å²) in [6.45, 7) is 0. The standard InChI is InChI=1S/C16H7Cl4N5O/c17-9-2-1-3-22-15(9)25-14(4-8(7-21)24-25)16(26)23-13-6-11(19)10(18)5-12(13)20/h1-6H,(H,23,26). The van der Waals surface area contributed by atoms with Gasteiger partial charge in [0.15, 0.2) is 11.5 Å². The molecule has 0 spiro atoms. The molecule has 1 amide bonds. The molecule has 0 fully saturated rings. The van der Waals surface area contributed by atoms with E-state index in [0.29, 0.717) is 0 Å². The number of pyridine rings is 1. The van der Waals surface area contributed by atoms with Gasteiger partial charge in [0.05, 0.1) is 25.8 Å². The number of carbonyl (C=O) groups is 1. The molecule has 0 atom stereocenters. The van der Waals surface area contributed by atoms with Gasteiger partial charge in [-0.15, -0.1) is 0 Å². The average molecular weight is 427 g/mol. The molecule has 0 bridgehead atoms. The summed E-state index contributed by atoms with van der Waals surface area (Å²) in [5.41, 5.74) is 0.325. The normalized spacial score (nSPS) is 10.4. The van der Waals surface area contributed by atoms with Crippen LogP contribution in [0.15, 0.2) is 36.5 Å². The topological polar surface area (TPSA) is 83.6 Å². The lowest BCUT2D eigenvalue weighted by Crippen LogP contribution is -2.18. The molecule has 3 rings (SSSR count). The van der Waals surface area contributed by atoms with E-state index in [1.807, 2.05) is 6.07 Å². The maximum absolute atomic E-state index is 12.7. The zero-order chi connectivity index (χ0) is 18.8. The molecule has 0 saturated carbocycles. The first-order chi connectivity index (χ1) is 12.4. The number of hydrogen-bond acceptors (Lipinski definition) is 4. The molecular weight excluding hydrogens is 420 g/mol. The summed E-state index contributed by atoms with van der Waals surface area (Å²) < 4.78 is 1.18. The summed E-state index contributed by atoms with van der Waals surface area (Å²) in [5.74, 6) is -0.373. The van der Waals surface area contributed by atoms with Crippen LogP contribution >= 0.6 is 46.4 Å². The Bertz CT molecular complexity index is 1060. The first-order valence-electron chi connectivity index (χ1n) is 6.97. The molecule has 0 saturated heterocycles. The van der Waals surface area contributed by atoms with Gasteiger partial charge in [0.25, 0.3) is 5.91 Å². The fourth-order valence-electron chi connectivity index (χ4n) is 2.10. The van der Waals surface area contributed by atoms with E-state index in [9.17, 15) is 4.79 Å². The van der Waals surface area contributed by atoms with Crippen molar-refractivity contribution in [1.29, 1.82) is 5.26 Å². The van der Waals surface area contributed by atoms with E-state index in [0.717, 1.165) is 0 Å². The van der Waals surface area contributed by atoms with Gasteiger partial charge in [-0.25, -0.2) is 9.67 Å². The number of carbonyl (C=O) groups excluding carboxylic acids is 1. The highest BCUT2D eigenvalue weighted by Crippen LogP contribution is 2.32. The molecule has 0 radical (unpaired) electrons. The number of hydrogen-bond donors (Lipinski definition) is 1. The van der Waals surface area contributed by atoms with E-state index in [4.69, 9.17) is 51.7 Å². The zero-order valence-corrected chi connectivity index (χ0v) is 15.7. The Kier molecular flexibility index (Phi) is 5.35. The fraction of sp³-hybridized carbons (Fsp3) is 0. The molecule has 2 heterocycles. The van der Waals surface area contributed by atoms with E-state index >= 15 is 0 Å². The molecule has 3 aromatic rings. The van der Waals surface area contributed by atoms with E-state index in [2.05, 4.69) is 15.4 Å². The van der Waals surface area contributed by atoms with Crippen LogP contribution in [0.3, 0.4) is 0 Å². The summed E-state index contributed by atoms with van der Waals surface area (Å²) in [7, 11) is 0. The zero-order valence-electron chi connectivity index (χ0n) is 12.7. The lowest BCUT2D eigenvalue weighted by molar-refractivity contribution is 0.101. The number of anilines is 1. The minimum atomic E-state index is -0.582. The van der Waals surface area contributed by atoms with Gasteiger partial charge < -0.3 is 5.32 Å². The van der Waals surface area contributed by atoms with Gasteiger partial charge in [0.2, 0.25) is 0 Å². The summed E-state index contributed by atoms with van der Waals surface area (Å²) in [5, 5.41) is 16.7. The van der Waals surface area contributed by atoms with Crippen LogP contribution < -0.4 is 5.32 Å². The largest absolute Gasteiger partial charge is 0.319 e. The van der Waals surface area contributed by atoms with Gasteiger partial charge in [-0.3, -0.25) is 4.79 Å². The van der Waals surface area contributed by atoms with Crippen LogP contribution in [0.1, 0.15) is 16.2 Å². The highest BCUT2D eigenvalue weighted by Gasteiger charge is 2.20. The van der Waals surface area contributed by atoms with Crippen molar-refractivity contribution in [2.45, 2.75) is 0 Å². The van der Waals surface area contributed by atoms with E-state index in [1.54, 1.807) is 12.1 Å². The van der Waals surface area contributed by atoms with Crippen molar-refractivity contribution in [3.8, 4) is 11.9 Å². The molecule has 0 aliphatic carbocycles. The Labute approximate surface area is 167 Å². The number of rotatable bonds is 3. The van der Waals surface area contributed by atoms with Crippen LogP contribution in [0.2, 0.25) is 20.1 Å². The third-order valence-electron chi connectivity index (χ3n) is 3.25. The predicted molar refractivity (Wildman–Crippen MR) is 101 cm³/mol. The molecular formula is C16H7Cl4N5O. The molecule has 0 unspecified atom stereocenters. The van der Waals surface area contributed by atoms with E-state index in [1.165, 1.54) is 29.1 Å². The predicted octanol–water partition coefficient (Wildman–Crippen LogP) is 5.00. The van der Waals surface area contributed by atoms with Gasteiger partial charge in [-0.1, -0.05) is 46.4 Å². The first-order valence-corrected chi connectivity index (χ1v) is 8.49. The Morgan fingerprint density at radius 3 is 2.50 bits per heavy atom. The highest BCUT2D eigenvalue weighted by molar-refractivity contribution is 6.44. The van der Waals surface area contributed by atoms with E-state index in [-0.39, 0.29) is 43.0 Å². The summed E-state index contributed by atoms with van der Waals surface area (Å²) >= 11 is 24.0. The van der Waals surface area contributed by atoms with Gasteiger partial charge in [0.1, 0.15) is 11.8 Å². The third-order valence-corrected chi connectivity index (χ3v) is 4.58. The maximum Gasteiger partial charge on any atom is 0.274 e. The van der Waals surface area contributed by atoms with Crippen LogP contribution in [0.25, 0.3) is 5.82 Å². The fourth-order valence-corrected chi connectivity index (χ4v) is 2.89. The van der Waals surface area contributed by atoms with Crippen LogP contribution in [0, 0.1) is 11.3 Å². The molecule has 6 nitrogen and oxygen atoms in total. The number of amides is 1. The van der Waals surface area contributed by atoms with E-state index < -0.39 is 5.91 Å². The Hall–Kier alpha value is -2.30. The van der Waals surface area contributed by atoms with Crippen molar-refractivity contribution in [2.75, 3.05) is 5.32 Å². The molecule has 0 aliphatic heterocycles. The van der Waals surface area contributed by atoms with Gasteiger partial charge in [0, 0.05) is 12.3 Å². The monoisotopic (exact) mass is 425 g/mol. The SMILES string of the molecule is N#Cc1cc(C(=O)Nc2cc(Cl)c(Cl)cc2Cl)n(-c2ncccc2Cl)n1. The van der Waals surface area contributed by atoms with Crippen LogP contribution in [0.5, 0.6) is 0 Å². The highest BCUT2D eigenvalue weighted by atomic mass is 35.5. The molecule has 10 heteroatoms. The molecule has 130 valence electrons. The molecule has 26 heavy (non-hydrogen) atoms. The maximum atomic E-state index is 12.7. The molecule has 0 aliphatic rings. The van der Waals surface area contributed by atoms with Gasteiger partial charge in [-0.2, -0.15) is 10.4 Å². The van der Waals surface area contributed by atoms with Crippen molar-refractivity contribution >= 4 is 58.0 Å². The summed E-state index contributed by atoms with van der Waals surface area (Å²) in [4.78, 5) is 16.8. The minimum Gasteiger partial charge on any atom is -0.319 e. The van der Waals surface area contributed by atoms with Gasteiger partial charge >= 0.3 is 0 Å². The molecule has 2 aromatic heterocycles. The third kappa shape index (κ3) is 3.62. The molecule has 1 N–H and O–H groups in total. The van der Waals surface area contributed by atoms with Crippen LogP contribution in [0.4, 0.5) is 5.69 Å². The Morgan fingerprint density at radius 2 is 1.81 bits per heavy atom. The number of halogens is 4. The lowest BCUT2D eigenvalue weighted by atomic mass is 10.3. The van der Waals surface area contributed by atoms with Crippen LogP contribution in [-0.2, 0) is 0 Å². The van der Waals surface area contributed by atoms with Crippen molar-refractivity contribution < 1.29 is 4.79 Å². The van der Waals surface area contributed by atoms with Crippen LogP contribution in [-0.4, -0.2) is 20.7 Å². The Morgan fingerprint density at radius 1 is 1.08 bits per heavy atom. The van der Waals surface area contributed by atoms with Crippen molar-refractivity contribution in [1.82, 2.24) is 14.8 Å². The Balaban J connectivity index is 2.03. The first kappa shape index (κ1) is 18.5. The van der Waals surface area contributed by atoms with Crippen molar-refractivity contribution in [2.24, 2.45) is 0 Å². The second kappa shape index (κ2) is 7.52. The molecule has 1 aromatic carbocycles. The minimum absolute atomic E-state index is 0.0251. The number of nitrogens with one attached hydrogen (secondary N) is 1. The summed E-state index contributed by atoms with van der Waals surface area (Å²) in [6.07, 6.45) is 1.49. The second-order valence-corrected chi connectivity index (χ2v) is 6.58. The number of benzene rings is 1.